The molecule has 0 radical (unpaired) electrons. The summed E-state index contributed by atoms with van der Waals surface area (Å²) in [5.41, 5.74) is 0. The first-order valence-corrected chi connectivity index (χ1v) is 8.57. The molecule has 19 heavy (non-hydrogen) atoms. The van der Waals surface area contributed by atoms with E-state index in [0.717, 1.165) is 6.42 Å². The first-order valence-electron chi connectivity index (χ1n) is 7.07. The molecule has 6 heteroatoms. The van der Waals surface area contributed by atoms with Crippen LogP contribution in [0.4, 0.5) is 0 Å². The van der Waals surface area contributed by atoms with Gasteiger partial charge in [0.2, 0.25) is 15.9 Å². The first-order chi connectivity index (χ1) is 8.82. The fraction of sp³-hybridized carbons (Fsp3) is 0.923. The third-order valence-corrected chi connectivity index (χ3v) is 6.58. The zero-order valence-electron chi connectivity index (χ0n) is 12.0. The lowest BCUT2D eigenvalue weighted by atomic mass is 10.0. The summed E-state index contributed by atoms with van der Waals surface area (Å²) < 4.78 is 26.7. The lowest BCUT2D eigenvalue weighted by molar-refractivity contribution is -0.128. The Labute approximate surface area is 116 Å². The van der Waals surface area contributed by atoms with Crippen LogP contribution in [0.3, 0.4) is 0 Å². The highest BCUT2D eigenvalue weighted by Crippen LogP contribution is 2.34. The maximum Gasteiger partial charge on any atom is 0.219 e. The van der Waals surface area contributed by atoms with E-state index in [4.69, 9.17) is 0 Å². The monoisotopic (exact) mass is 288 g/mol. The molecular formula is C13H24N2O3S. The van der Waals surface area contributed by atoms with Crippen molar-refractivity contribution >= 4 is 15.9 Å². The van der Waals surface area contributed by atoms with E-state index in [1.807, 2.05) is 13.8 Å². The summed E-state index contributed by atoms with van der Waals surface area (Å²) in [6.07, 6.45) is 1.39. The molecule has 1 amide bonds. The van der Waals surface area contributed by atoms with Crippen molar-refractivity contribution in [1.29, 1.82) is 0 Å². The topological polar surface area (TPSA) is 57.7 Å². The Hall–Kier alpha value is -0.620. The van der Waals surface area contributed by atoms with E-state index < -0.39 is 10.0 Å². The average molecular weight is 288 g/mol. The third kappa shape index (κ3) is 2.94. The Morgan fingerprint density at radius 1 is 1.26 bits per heavy atom. The van der Waals surface area contributed by atoms with E-state index in [0.29, 0.717) is 38.5 Å². The minimum atomic E-state index is -3.16. The Morgan fingerprint density at radius 3 is 2.47 bits per heavy atom. The summed E-state index contributed by atoms with van der Waals surface area (Å²) in [6.45, 7) is 8.17. The molecule has 0 aromatic carbocycles. The van der Waals surface area contributed by atoms with Crippen LogP contribution in [0.1, 0.15) is 33.6 Å². The van der Waals surface area contributed by atoms with Gasteiger partial charge >= 0.3 is 0 Å². The van der Waals surface area contributed by atoms with Crippen molar-refractivity contribution in [3.8, 4) is 0 Å². The normalized spacial score (nSPS) is 31.3. The first kappa shape index (κ1) is 14.8. The number of amides is 1. The Kier molecular flexibility index (Phi) is 4.20. The zero-order chi connectivity index (χ0) is 14.2. The predicted molar refractivity (Wildman–Crippen MR) is 74.1 cm³/mol. The van der Waals surface area contributed by atoms with Gasteiger partial charge < -0.3 is 4.90 Å². The molecule has 5 nitrogen and oxygen atoms in total. The van der Waals surface area contributed by atoms with Gasteiger partial charge in [-0.15, -0.1) is 0 Å². The van der Waals surface area contributed by atoms with Crippen LogP contribution in [0, 0.1) is 11.8 Å². The van der Waals surface area contributed by atoms with E-state index in [2.05, 4.69) is 0 Å². The van der Waals surface area contributed by atoms with E-state index in [9.17, 15) is 13.2 Å². The van der Waals surface area contributed by atoms with Gasteiger partial charge in [-0.2, -0.15) is 0 Å². The molecule has 0 aromatic rings. The molecule has 2 rings (SSSR count). The van der Waals surface area contributed by atoms with Crippen LogP contribution >= 0.6 is 0 Å². The molecule has 2 aliphatic rings. The molecule has 2 heterocycles. The minimum Gasteiger partial charge on any atom is -0.343 e. The number of fused-ring (bicyclic) bond motifs is 1. The standard InChI is InChI=1S/C13H24N2O3S/c1-10(2)8-15-9-12-4-6-14(11(3)16)7-5-13(12)19(15,17)18/h10,12-13H,4-9H2,1-3H3/t12-,13-/m1/s1. The minimum absolute atomic E-state index is 0.0522. The molecule has 0 saturated carbocycles. The Morgan fingerprint density at radius 2 is 1.89 bits per heavy atom. The molecular weight excluding hydrogens is 264 g/mol. The summed E-state index contributed by atoms with van der Waals surface area (Å²) in [4.78, 5) is 13.2. The van der Waals surface area contributed by atoms with Crippen LogP contribution in [-0.4, -0.2) is 55.0 Å². The fourth-order valence-electron chi connectivity index (χ4n) is 3.20. The van der Waals surface area contributed by atoms with Gasteiger partial charge in [-0.25, -0.2) is 12.7 Å². The maximum absolute atomic E-state index is 12.5. The number of hydrogen-bond acceptors (Lipinski definition) is 3. The number of hydrogen-bond donors (Lipinski definition) is 0. The highest BCUT2D eigenvalue weighted by atomic mass is 32.2. The van der Waals surface area contributed by atoms with E-state index in [-0.39, 0.29) is 17.1 Å². The lowest BCUT2D eigenvalue weighted by Gasteiger charge is -2.21. The number of carbonyl (C=O) groups excluding carboxylic acids is 1. The van der Waals surface area contributed by atoms with Crippen LogP contribution in [0.15, 0.2) is 0 Å². The van der Waals surface area contributed by atoms with Crippen LogP contribution in [0.2, 0.25) is 0 Å². The smallest absolute Gasteiger partial charge is 0.219 e. The molecule has 0 spiro atoms. The second-order valence-corrected chi connectivity index (χ2v) is 8.29. The van der Waals surface area contributed by atoms with Gasteiger partial charge in [0, 0.05) is 33.1 Å². The number of sulfonamides is 1. The van der Waals surface area contributed by atoms with Gasteiger partial charge in [0.1, 0.15) is 0 Å². The number of carbonyl (C=O) groups is 1. The fourth-order valence-corrected chi connectivity index (χ4v) is 5.60. The van der Waals surface area contributed by atoms with E-state index in [1.54, 1.807) is 16.1 Å². The molecule has 0 bridgehead atoms. The summed E-state index contributed by atoms with van der Waals surface area (Å²) >= 11 is 0. The van der Waals surface area contributed by atoms with Crippen molar-refractivity contribution in [2.45, 2.75) is 38.9 Å². The molecule has 2 saturated heterocycles. The average Bonchev–Trinajstić information content (AvgIpc) is 2.48. The summed E-state index contributed by atoms with van der Waals surface area (Å²) in [5.74, 6) is 0.593. The van der Waals surface area contributed by atoms with Crippen molar-refractivity contribution in [2.75, 3.05) is 26.2 Å². The molecule has 0 N–H and O–H groups in total. The lowest BCUT2D eigenvalue weighted by Crippen LogP contribution is -2.35. The van der Waals surface area contributed by atoms with Gasteiger partial charge in [-0.3, -0.25) is 4.79 Å². The largest absolute Gasteiger partial charge is 0.343 e. The van der Waals surface area contributed by atoms with Crippen molar-refractivity contribution in [3.05, 3.63) is 0 Å². The van der Waals surface area contributed by atoms with Crippen molar-refractivity contribution in [2.24, 2.45) is 11.8 Å². The van der Waals surface area contributed by atoms with Crippen molar-refractivity contribution in [3.63, 3.8) is 0 Å². The molecule has 2 fully saturated rings. The molecule has 2 aliphatic heterocycles. The molecule has 0 aromatic heterocycles. The summed E-state index contributed by atoms with van der Waals surface area (Å²) in [5, 5.41) is -0.282. The van der Waals surface area contributed by atoms with Crippen LogP contribution in [0.5, 0.6) is 0 Å². The van der Waals surface area contributed by atoms with E-state index in [1.165, 1.54) is 0 Å². The zero-order valence-corrected chi connectivity index (χ0v) is 12.8. The van der Waals surface area contributed by atoms with Gasteiger partial charge in [0.25, 0.3) is 0 Å². The Bertz CT molecular complexity index is 447. The SMILES string of the molecule is CC(=O)N1CC[C@@H]2CN(CC(C)C)S(=O)(=O)[C@@H]2CC1. The quantitative estimate of drug-likeness (QED) is 0.759. The third-order valence-electron chi connectivity index (χ3n) is 4.17. The summed E-state index contributed by atoms with van der Waals surface area (Å²) in [6, 6.07) is 0. The second-order valence-electron chi connectivity index (χ2n) is 6.14. The van der Waals surface area contributed by atoms with Gasteiger partial charge in [-0.1, -0.05) is 13.8 Å². The van der Waals surface area contributed by atoms with Gasteiger partial charge in [0.05, 0.1) is 5.25 Å². The maximum atomic E-state index is 12.5. The van der Waals surface area contributed by atoms with Crippen LogP contribution in [0.25, 0.3) is 0 Å². The second kappa shape index (κ2) is 5.40. The molecule has 0 unspecified atom stereocenters. The van der Waals surface area contributed by atoms with Crippen LogP contribution in [-0.2, 0) is 14.8 Å². The molecule has 2 atom stereocenters. The van der Waals surface area contributed by atoms with Gasteiger partial charge in [-0.05, 0) is 24.7 Å². The Balaban J connectivity index is 2.12. The van der Waals surface area contributed by atoms with Crippen LogP contribution < -0.4 is 0 Å². The number of rotatable bonds is 2. The highest BCUT2D eigenvalue weighted by molar-refractivity contribution is 7.90. The van der Waals surface area contributed by atoms with Crippen molar-refractivity contribution < 1.29 is 13.2 Å². The predicted octanol–water partition coefficient (Wildman–Crippen LogP) is 0.915. The molecule has 0 aliphatic carbocycles. The number of likely N-dealkylation sites (tertiary alicyclic amines) is 1. The highest BCUT2D eigenvalue weighted by Gasteiger charge is 2.46. The van der Waals surface area contributed by atoms with E-state index >= 15 is 0 Å². The van der Waals surface area contributed by atoms with Crippen molar-refractivity contribution in [1.82, 2.24) is 9.21 Å². The number of nitrogens with zero attached hydrogens (tertiary/aromatic N) is 2. The van der Waals surface area contributed by atoms with Gasteiger partial charge in [0.15, 0.2) is 0 Å². The molecule has 110 valence electrons. The summed E-state index contributed by atoms with van der Waals surface area (Å²) in [7, 11) is -3.16.